The van der Waals surface area contributed by atoms with Gasteiger partial charge in [0.25, 0.3) is 0 Å². The number of nitrogens with two attached hydrogens (primary N) is 1. The molecular formula is C14H27N3. The number of guanidine groups is 1. The number of nitrogens with zero attached hydrogens (tertiary/aromatic N) is 1. The van der Waals surface area contributed by atoms with Gasteiger partial charge in [0.2, 0.25) is 0 Å². The van der Waals surface area contributed by atoms with E-state index in [2.05, 4.69) is 12.2 Å². The quantitative estimate of drug-likeness (QED) is 0.573. The van der Waals surface area contributed by atoms with E-state index in [4.69, 9.17) is 10.7 Å². The molecule has 0 aromatic carbocycles. The maximum atomic E-state index is 6.04. The van der Waals surface area contributed by atoms with E-state index in [1.807, 2.05) is 0 Å². The molecule has 2 saturated carbocycles. The molecule has 0 aromatic rings. The van der Waals surface area contributed by atoms with Gasteiger partial charge in [-0.15, -0.1) is 0 Å². The summed E-state index contributed by atoms with van der Waals surface area (Å²) in [7, 11) is 0. The van der Waals surface area contributed by atoms with Crippen LogP contribution in [0.15, 0.2) is 4.99 Å². The first-order valence-electron chi connectivity index (χ1n) is 7.35. The van der Waals surface area contributed by atoms with E-state index in [0.717, 1.165) is 0 Å². The molecule has 17 heavy (non-hydrogen) atoms. The van der Waals surface area contributed by atoms with E-state index in [-0.39, 0.29) is 0 Å². The molecular weight excluding hydrogens is 210 g/mol. The van der Waals surface area contributed by atoms with Crippen LogP contribution in [0.1, 0.15) is 64.7 Å². The fourth-order valence-corrected chi connectivity index (χ4v) is 3.16. The minimum atomic E-state index is 0.458. The third kappa shape index (κ3) is 3.90. The summed E-state index contributed by atoms with van der Waals surface area (Å²) in [6.07, 6.45) is 11.8. The zero-order valence-electron chi connectivity index (χ0n) is 11.1. The molecule has 3 nitrogen and oxygen atoms in total. The van der Waals surface area contributed by atoms with Gasteiger partial charge in [-0.2, -0.15) is 0 Å². The van der Waals surface area contributed by atoms with Crippen LogP contribution in [0.5, 0.6) is 0 Å². The molecule has 0 amide bonds. The number of aliphatic imine (C=N–C) groups is 1. The van der Waals surface area contributed by atoms with E-state index in [1.54, 1.807) is 0 Å². The molecule has 2 aliphatic rings. The van der Waals surface area contributed by atoms with E-state index in [0.29, 0.717) is 24.0 Å². The lowest BCUT2D eigenvalue weighted by Gasteiger charge is -2.27. The maximum Gasteiger partial charge on any atom is 0.189 e. The van der Waals surface area contributed by atoms with Crippen LogP contribution < -0.4 is 11.1 Å². The van der Waals surface area contributed by atoms with Crippen molar-refractivity contribution in [3.05, 3.63) is 0 Å². The minimum absolute atomic E-state index is 0.458. The van der Waals surface area contributed by atoms with E-state index in [1.165, 1.54) is 57.8 Å². The molecule has 0 saturated heterocycles. The van der Waals surface area contributed by atoms with E-state index < -0.39 is 0 Å². The largest absolute Gasteiger partial charge is 0.370 e. The summed E-state index contributed by atoms with van der Waals surface area (Å²) in [5, 5.41) is 3.41. The van der Waals surface area contributed by atoms with E-state index >= 15 is 0 Å². The van der Waals surface area contributed by atoms with Gasteiger partial charge in [-0.05, 0) is 31.6 Å². The summed E-state index contributed by atoms with van der Waals surface area (Å²) in [6.45, 7) is 2.31. The fourth-order valence-electron chi connectivity index (χ4n) is 3.16. The van der Waals surface area contributed by atoms with Crippen molar-refractivity contribution in [3.8, 4) is 0 Å². The Kier molecular flexibility index (Phi) is 4.69. The lowest BCUT2D eigenvalue weighted by Crippen LogP contribution is -2.42. The van der Waals surface area contributed by atoms with Crippen molar-refractivity contribution < 1.29 is 0 Å². The molecule has 0 spiro atoms. The van der Waals surface area contributed by atoms with E-state index in [9.17, 15) is 0 Å². The first kappa shape index (κ1) is 12.7. The van der Waals surface area contributed by atoms with Crippen LogP contribution in [0.2, 0.25) is 0 Å². The molecule has 0 radical (unpaired) electrons. The van der Waals surface area contributed by atoms with Gasteiger partial charge in [0.05, 0.1) is 6.04 Å². The van der Waals surface area contributed by atoms with Gasteiger partial charge in [-0.3, -0.25) is 0 Å². The normalized spacial score (nSPS) is 32.4. The SMILES string of the molecule is CC1CCCCC1N=C(N)NC1CCCCC1. The van der Waals surface area contributed by atoms with Crippen molar-refractivity contribution >= 4 is 5.96 Å². The number of hydrogen-bond donors (Lipinski definition) is 2. The van der Waals surface area contributed by atoms with Crippen molar-refractivity contribution in [1.29, 1.82) is 0 Å². The smallest absolute Gasteiger partial charge is 0.189 e. The molecule has 0 heterocycles. The van der Waals surface area contributed by atoms with Crippen molar-refractivity contribution in [2.24, 2.45) is 16.6 Å². The molecule has 0 aromatic heterocycles. The average molecular weight is 237 g/mol. The summed E-state index contributed by atoms with van der Waals surface area (Å²) in [4.78, 5) is 4.69. The van der Waals surface area contributed by atoms with Gasteiger partial charge < -0.3 is 11.1 Å². The Hall–Kier alpha value is -0.730. The average Bonchev–Trinajstić information content (AvgIpc) is 2.33. The Labute approximate surface area is 105 Å². The summed E-state index contributed by atoms with van der Waals surface area (Å²) in [6, 6.07) is 1.03. The Morgan fingerprint density at radius 2 is 1.65 bits per heavy atom. The Morgan fingerprint density at radius 3 is 2.35 bits per heavy atom. The molecule has 0 aliphatic heterocycles. The molecule has 2 atom stereocenters. The summed E-state index contributed by atoms with van der Waals surface area (Å²) >= 11 is 0. The Morgan fingerprint density at radius 1 is 1.00 bits per heavy atom. The summed E-state index contributed by atoms with van der Waals surface area (Å²) < 4.78 is 0. The molecule has 2 aliphatic carbocycles. The fraction of sp³-hybridized carbons (Fsp3) is 0.929. The zero-order valence-corrected chi connectivity index (χ0v) is 11.1. The van der Waals surface area contributed by atoms with Crippen LogP contribution in [0.3, 0.4) is 0 Å². The first-order valence-corrected chi connectivity index (χ1v) is 7.35. The molecule has 98 valence electrons. The first-order chi connectivity index (χ1) is 8.25. The second kappa shape index (κ2) is 6.27. The van der Waals surface area contributed by atoms with Gasteiger partial charge in [-0.1, -0.05) is 39.0 Å². The Balaban J connectivity index is 1.82. The molecule has 0 bridgehead atoms. The second-order valence-electron chi connectivity index (χ2n) is 5.82. The molecule has 2 fully saturated rings. The number of nitrogens with one attached hydrogen (secondary N) is 1. The molecule has 2 unspecified atom stereocenters. The van der Waals surface area contributed by atoms with Crippen LogP contribution in [0.25, 0.3) is 0 Å². The van der Waals surface area contributed by atoms with Gasteiger partial charge >= 0.3 is 0 Å². The second-order valence-corrected chi connectivity index (χ2v) is 5.82. The predicted octanol–water partition coefficient (Wildman–Crippen LogP) is 2.80. The van der Waals surface area contributed by atoms with Gasteiger partial charge in [0.15, 0.2) is 5.96 Å². The molecule has 3 N–H and O–H groups in total. The number of rotatable bonds is 2. The van der Waals surface area contributed by atoms with Crippen molar-refractivity contribution in [3.63, 3.8) is 0 Å². The Bertz CT molecular complexity index is 256. The zero-order chi connectivity index (χ0) is 12.1. The highest BCUT2D eigenvalue weighted by atomic mass is 15.1. The van der Waals surface area contributed by atoms with Crippen molar-refractivity contribution in [1.82, 2.24) is 5.32 Å². The standard InChI is InChI=1S/C14H27N3/c1-11-7-5-6-10-13(11)17-14(15)16-12-8-3-2-4-9-12/h11-13H,2-10H2,1H3,(H3,15,16,17). The van der Waals surface area contributed by atoms with Crippen LogP contribution in [-0.4, -0.2) is 18.0 Å². The monoisotopic (exact) mass is 237 g/mol. The lowest BCUT2D eigenvalue weighted by molar-refractivity contribution is 0.331. The molecule has 3 heteroatoms. The number of hydrogen-bond acceptors (Lipinski definition) is 1. The highest BCUT2D eigenvalue weighted by Crippen LogP contribution is 2.26. The van der Waals surface area contributed by atoms with Crippen LogP contribution >= 0.6 is 0 Å². The van der Waals surface area contributed by atoms with Gasteiger partial charge in [0, 0.05) is 6.04 Å². The maximum absolute atomic E-state index is 6.04. The summed E-state index contributed by atoms with van der Waals surface area (Å²) in [5.74, 6) is 1.39. The van der Waals surface area contributed by atoms with Crippen molar-refractivity contribution in [2.45, 2.75) is 76.8 Å². The third-order valence-electron chi connectivity index (χ3n) is 4.33. The van der Waals surface area contributed by atoms with Crippen LogP contribution in [0, 0.1) is 5.92 Å². The highest BCUT2D eigenvalue weighted by Gasteiger charge is 2.21. The molecule has 2 rings (SSSR count). The highest BCUT2D eigenvalue weighted by molar-refractivity contribution is 5.78. The summed E-state index contributed by atoms with van der Waals surface area (Å²) in [5.41, 5.74) is 6.04. The third-order valence-corrected chi connectivity index (χ3v) is 4.33. The topological polar surface area (TPSA) is 50.4 Å². The predicted molar refractivity (Wildman–Crippen MR) is 73.1 cm³/mol. The van der Waals surface area contributed by atoms with Gasteiger partial charge in [-0.25, -0.2) is 4.99 Å². The van der Waals surface area contributed by atoms with Crippen LogP contribution in [0.4, 0.5) is 0 Å². The van der Waals surface area contributed by atoms with Gasteiger partial charge in [0.1, 0.15) is 0 Å². The van der Waals surface area contributed by atoms with Crippen LogP contribution in [-0.2, 0) is 0 Å². The minimum Gasteiger partial charge on any atom is -0.370 e. The van der Waals surface area contributed by atoms with Crippen molar-refractivity contribution in [2.75, 3.05) is 0 Å². The lowest BCUT2D eigenvalue weighted by atomic mass is 9.86.